The van der Waals surface area contributed by atoms with Gasteiger partial charge in [0.1, 0.15) is 6.04 Å². The van der Waals surface area contributed by atoms with Crippen LogP contribution in [0.3, 0.4) is 0 Å². The van der Waals surface area contributed by atoms with Crippen molar-refractivity contribution in [3.63, 3.8) is 0 Å². The molecule has 24 heavy (non-hydrogen) atoms. The number of nitrogens with one attached hydrogen (secondary N) is 2. The third-order valence-corrected chi connectivity index (χ3v) is 4.23. The van der Waals surface area contributed by atoms with Crippen LogP contribution in [0, 0.1) is 11.8 Å². The van der Waals surface area contributed by atoms with Gasteiger partial charge in [0.25, 0.3) is 0 Å². The number of hydrogen-bond donors (Lipinski definition) is 3. The van der Waals surface area contributed by atoms with Gasteiger partial charge >= 0.3 is 6.18 Å². The van der Waals surface area contributed by atoms with Crippen molar-refractivity contribution in [3.8, 4) is 0 Å². The van der Waals surface area contributed by atoms with Gasteiger partial charge in [0, 0.05) is 0 Å². The summed E-state index contributed by atoms with van der Waals surface area (Å²) in [6.45, 7) is 2.98. The van der Waals surface area contributed by atoms with Gasteiger partial charge in [0.2, 0.25) is 11.8 Å². The maximum absolute atomic E-state index is 13.2. The van der Waals surface area contributed by atoms with Gasteiger partial charge in [-0.05, 0) is 24.7 Å². The molecule has 9 heteroatoms. The zero-order chi connectivity index (χ0) is 17.6. The van der Waals surface area contributed by atoms with Gasteiger partial charge in [-0.3, -0.25) is 9.59 Å². The topological polar surface area (TPSA) is 84.2 Å². The summed E-state index contributed by atoms with van der Waals surface area (Å²) < 4.78 is 39.5. The van der Waals surface area contributed by atoms with E-state index in [9.17, 15) is 22.8 Å². The molecule has 2 atom stereocenters. The summed E-state index contributed by atoms with van der Waals surface area (Å²) in [5.74, 6) is -2.11. The predicted molar refractivity (Wildman–Crippen MR) is 87.6 cm³/mol. The van der Waals surface area contributed by atoms with Gasteiger partial charge in [-0.2, -0.15) is 13.2 Å². The van der Waals surface area contributed by atoms with E-state index >= 15 is 0 Å². The van der Waals surface area contributed by atoms with E-state index in [1.807, 2.05) is 5.32 Å². The average Bonchev–Trinajstić information content (AvgIpc) is 2.49. The van der Waals surface area contributed by atoms with Crippen molar-refractivity contribution in [1.29, 1.82) is 0 Å². The van der Waals surface area contributed by atoms with Crippen LogP contribution < -0.4 is 16.4 Å². The number of halogens is 4. The SMILES string of the molecule is CC(C)[C@H](N)C(=O)NCC(=O)NC(C1CCCCC1)C(F)(F)F.Cl. The maximum Gasteiger partial charge on any atom is 0.408 e. The summed E-state index contributed by atoms with van der Waals surface area (Å²) in [4.78, 5) is 23.4. The molecule has 0 aromatic rings. The van der Waals surface area contributed by atoms with Crippen LogP contribution in [0.2, 0.25) is 0 Å². The Hall–Kier alpha value is -1.02. The van der Waals surface area contributed by atoms with Gasteiger partial charge in [0.15, 0.2) is 0 Å². The second kappa shape index (κ2) is 10.1. The third kappa shape index (κ3) is 7.25. The minimum atomic E-state index is -4.49. The largest absolute Gasteiger partial charge is 0.408 e. The Kier molecular flexibility index (Phi) is 9.65. The first-order chi connectivity index (χ1) is 10.6. The first-order valence-corrected chi connectivity index (χ1v) is 8.02. The van der Waals surface area contributed by atoms with Gasteiger partial charge in [-0.15, -0.1) is 12.4 Å². The first kappa shape index (κ1) is 23.0. The molecule has 0 aliphatic heterocycles. The van der Waals surface area contributed by atoms with Crippen LogP contribution >= 0.6 is 12.4 Å². The summed E-state index contributed by atoms with van der Waals surface area (Å²) in [6, 6.07) is -2.65. The summed E-state index contributed by atoms with van der Waals surface area (Å²) in [5.41, 5.74) is 5.61. The Labute approximate surface area is 146 Å². The van der Waals surface area contributed by atoms with Crippen molar-refractivity contribution < 1.29 is 22.8 Å². The van der Waals surface area contributed by atoms with E-state index in [1.54, 1.807) is 13.8 Å². The number of nitrogens with two attached hydrogens (primary N) is 1. The van der Waals surface area contributed by atoms with Gasteiger partial charge in [-0.1, -0.05) is 33.1 Å². The van der Waals surface area contributed by atoms with Crippen molar-refractivity contribution in [2.24, 2.45) is 17.6 Å². The smallest absolute Gasteiger partial charge is 0.346 e. The van der Waals surface area contributed by atoms with Crippen LogP contribution in [0.1, 0.15) is 46.0 Å². The molecular formula is C15H27ClF3N3O2. The van der Waals surface area contributed by atoms with Crippen molar-refractivity contribution >= 4 is 24.2 Å². The van der Waals surface area contributed by atoms with E-state index in [0.717, 1.165) is 19.3 Å². The van der Waals surface area contributed by atoms with Crippen molar-refractivity contribution in [1.82, 2.24) is 10.6 Å². The van der Waals surface area contributed by atoms with E-state index < -0.39 is 42.5 Å². The second-order valence-electron chi connectivity index (χ2n) is 6.47. The normalized spacial score (nSPS) is 18.5. The lowest BCUT2D eigenvalue weighted by atomic mass is 9.83. The second-order valence-corrected chi connectivity index (χ2v) is 6.47. The van der Waals surface area contributed by atoms with E-state index in [1.165, 1.54) is 0 Å². The van der Waals surface area contributed by atoms with E-state index in [4.69, 9.17) is 5.73 Å². The fourth-order valence-corrected chi connectivity index (χ4v) is 2.75. The molecule has 0 spiro atoms. The van der Waals surface area contributed by atoms with Crippen LogP contribution in [0.4, 0.5) is 13.2 Å². The Morgan fingerprint density at radius 1 is 1.17 bits per heavy atom. The van der Waals surface area contributed by atoms with Crippen LogP contribution in [-0.4, -0.2) is 36.6 Å². The molecular weight excluding hydrogens is 347 g/mol. The molecule has 2 amide bonds. The molecule has 0 aromatic carbocycles. The molecule has 0 saturated heterocycles. The predicted octanol–water partition coefficient (Wildman–Crippen LogP) is 2.14. The van der Waals surface area contributed by atoms with E-state index in [0.29, 0.717) is 12.8 Å². The van der Waals surface area contributed by atoms with Crippen LogP contribution in [0.25, 0.3) is 0 Å². The number of carbonyl (C=O) groups excluding carboxylic acids is 2. The molecule has 1 aliphatic carbocycles. The Bertz CT molecular complexity index is 413. The standard InChI is InChI=1S/C15H26F3N3O2.ClH/c1-9(2)12(19)14(23)20-8-11(22)21-13(15(16,17)18)10-6-4-3-5-7-10;/h9-10,12-13H,3-8,19H2,1-2H3,(H,20,23)(H,21,22);1H/t12-,13?;/m0./s1. The summed E-state index contributed by atoms with van der Waals surface area (Å²) in [7, 11) is 0. The minimum Gasteiger partial charge on any atom is -0.346 e. The van der Waals surface area contributed by atoms with Crippen molar-refractivity contribution in [2.75, 3.05) is 6.54 Å². The number of rotatable bonds is 6. The monoisotopic (exact) mass is 373 g/mol. The van der Waals surface area contributed by atoms with Crippen LogP contribution in [0.15, 0.2) is 0 Å². The van der Waals surface area contributed by atoms with E-state index in [-0.39, 0.29) is 18.3 Å². The molecule has 1 fully saturated rings. The highest BCUT2D eigenvalue weighted by Gasteiger charge is 2.45. The van der Waals surface area contributed by atoms with Gasteiger partial charge < -0.3 is 16.4 Å². The molecule has 0 bridgehead atoms. The highest BCUT2D eigenvalue weighted by Crippen LogP contribution is 2.34. The fourth-order valence-electron chi connectivity index (χ4n) is 2.75. The molecule has 1 rings (SSSR count). The zero-order valence-electron chi connectivity index (χ0n) is 14.0. The lowest BCUT2D eigenvalue weighted by molar-refractivity contribution is -0.174. The number of alkyl halides is 3. The lowest BCUT2D eigenvalue weighted by Crippen LogP contribution is -2.54. The highest BCUT2D eigenvalue weighted by atomic mass is 35.5. The van der Waals surface area contributed by atoms with Gasteiger partial charge in [0.05, 0.1) is 12.6 Å². The number of carbonyl (C=O) groups is 2. The number of amides is 2. The molecule has 142 valence electrons. The maximum atomic E-state index is 13.2. The molecule has 0 radical (unpaired) electrons. The number of hydrogen-bond acceptors (Lipinski definition) is 3. The fraction of sp³-hybridized carbons (Fsp3) is 0.867. The summed E-state index contributed by atoms with van der Waals surface area (Å²) >= 11 is 0. The average molecular weight is 374 g/mol. The molecule has 1 unspecified atom stereocenters. The lowest BCUT2D eigenvalue weighted by Gasteiger charge is -2.32. The summed E-state index contributed by atoms with van der Waals surface area (Å²) in [6.07, 6.45) is -1.17. The Balaban J connectivity index is 0.00000529. The molecule has 0 heterocycles. The minimum absolute atomic E-state index is 0. The molecule has 1 saturated carbocycles. The van der Waals surface area contributed by atoms with E-state index in [2.05, 4.69) is 5.32 Å². The summed E-state index contributed by atoms with van der Waals surface area (Å²) in [5, 5.41) is 4.31. The van der Waals surface area contributed by atoms with Gasteiger partial charge in [-0.25, -0.2) is 0 Å². The molecule has 1 aliphatic rings. The Morgan fingerprint density at radius 2 is 1.71 bits per heavy atom. The molecule has 4 N–H and O–H groups in total. The van der Waals surface area contributed by atoms with Crippen LogP contribution in [0.5, 0.6) is 0 Å². The van der Waals surface area contributed by atoms with Crippen molar-refractivity contribution in [3.05, 3.63) is 0 Å². The quantitative estimate of drug-likeness (QED) is 0.667. The molecule has 5 nitrogen and oxygen atoms in total. The van der Waals surface area contributed by atoms with Crippen molar-refractivity contribution in [2.45, 2.75) is 64.2 Å². The molecule has 0 aromatic heterocycles. The highest BCUT2D eigenvalue weighted by molar-refractivity contribution is 5.87. The zero-order valence-corrected chi connectivity index (χ0v) is 14.8. The van der Waals surface area contributed by atoms with Crippen LogP contribution in [-0.2, 0) is 9.59 Å². The first-order valence-electron chi connectivity index (χ1n) is 8.02. The Morgan fingerprint density at radius 3 is 2.17 bits per heavy atom. The third-order valence-electron chi connectivity index (χ3n) is 4.23.